The van der Waals surface area contributed by atoms with Gasteiger partial charge < -0.3 is 19.6 Å². The molecule has 2 N–H and O–H groups in total. The fourth-order valence-corrected chi connectivity index (χ4v) is 2.26. The third-order valence-corrected chi connectivity index (χ3v) is 3.60. The zero-order chi connectivity index (χ0) is 16.9. The number of fused-ring (bicyclic) bond motifs is 1. The van der Waals surface area contributed by atoms with E-state index in [-0.39, 0.29) is 12.5 Å². The second-order valence-electron chi connectivity index (χ2n) is 5.46. The number of carbonyl (C=O) groups is 1. The summed E-state index contributed by atoms with van der Waals surface area (Å²) in [7, 11) is 0. The minimum absolute atomic E-state index is 0.159. The summed E-state index contributed by atoms with van der Waals surface area (Å²) in [4.78, 5) is 16.1. The molecule has 0 fully saturated rings. The monoisotopic (exact) mass is 326 g/mol. The predicted octanol–water partition coefficient (Wildman–Crippen LogP) is 3.18. The van der Waals surface area contributed by atoms with Crippen molar-refractivity contribution in [1.29, 1.82) is 0 Å². The van der Waals surface area contributed by atoms with Crippen LogP contribution in [0.1, 0.15) is 24.5 Å². The molecule has 6 nitrogen and oxygen atoms in total. The molecule has 124 valence electrons. The smallest absolute Gasteiger partial charge is 0.407 e. The molecule has 2 aromatic carbocycles. The van der Waals surface area contributed by atoms with Crippen molar-refractivity contribution >= 4 is 17.2 Å². The summed E-state index contributed by atoms with van der Waals surface area (Å²) in [6.07, 6.45) is -1.68. The number of rotatable bonds is 5. The zero-order valence-corrected chi connectivity index (χ0v) is 13.2. The maximum absolute atomic E-state index is 11.8. The third-order valence-electron chi connectivity index (χ3n) is 3.60. The molecular formula is C18H18N2O4. The van der Waals surface area contributed by atoms with Gasteiger partial charge >= 0.3 is 6.09 Å². The number of aliphatic hydroxyl groups is 1. The van der Waals surface area contributed by atoms with Crippen LogP contribution in [0.2, 0.25) is 0 Å². The Morgan fingerprint density at radius 3 is 2.67 bits per heavy atom. The lowest BCUT2D eigenvalue weighted by Crippen LogP contribution is -2.37. The molecule has 6 heteroatoms. The molecular weight excluding hydrogens is 308 g/mol. The average Bonchev–Trinajstić information content (AvgIpc) is 3.04. The first-order valence-electron chi connectivity index (χ1n) is 7.64. The van der Waals surface area contributed by atoms with Gasteiger partial charge in [0.15, 0.2) is 5.58 Å². The highest BCUT2D eigenvalue weighted by Crippen LogP contribution is 2.22. The molecule has 0 bridgehead atoms. The van der Waals surface area contributed by atoms with Gasteiger partial charge in [0, 0.05) is 0 Å². The quantitative estimate of drug-likeness (QED) is 0.752. The Bertz CT molecular complexity index is 783. The van der Waals surface area contributed by atoms with Crippen LogP contribution in [0, 0.1) is 0 Å². The summed E-state index contributed by atoms with van der Waals surface area (Å²) >= 11 is 0. The first kappa shape index (κ1) is 16.0. The molecule has 0 aliphatic carbocycles. The Morgan fingerprint density at radius 1 is 1.21 bits per heavy atom. The Morgan fingerprint density at radius 2 is 1.92 bits per heavy atom. The van der Waals surface area contributed by atoms with Crippen LogP contribution >= 0.6 is 0 Å². The molecule has 2 atom stereocenters. The molecule has 0 saturated heterocycles. The number of hydrogen-bond donors (Lipinski definition) is 2. The lowest BCUT2D eigenvalue weighted by Gasteiger charge is -2.17. The van der Waals surface area contributed by atoms with Crippen molar-refractivity contribution in [3.05, 3.63) is 66.1 Å². The maximum atomic E-state index is 11.8. The van der Waals surface area contributed by atoms with Gasteiger partial charge in [-0.3, -0.25) is 0 Å². The van der Waals surface area contributed by atoms with Crippen LogP contribution in [0.25, 0.3) is 11.1 Å². The fourth-order valence-electron chi connectivity index (χ4n) is 2.26. The van der Waals surface area contributed by atoms with Gasteiger partial charge in [-0.1, -0.05) is 42.5 Å². The molecule has 3 aromatic rings. The third kappa shape index (κ3) is 3.72. The lowest BCUT2D eigenvalue weighted by atomic mass is 10.2. The molecule has 1 amide bonds. The number of oxazole rings is 1. The topological polar surface area (TPSA) is 84.6 Å². The molecule has 0 saturated carbocycles. The molecule has 0 aliphatic rings. The molecule has 1 heterocycles. The number of para-hydroxylation sites is 2. The van der Waals surface area contributed by atoms with E-state index in [9.17, 15) is 9.90 Å². The lowest BCUT2D eigenvalue weighted by molar-refractivity contribution is 0.0919. The minimum Gasteiger partial charge on any atom is -0.445 e. The zero-order valence-electron chi connectivity index (χ0n) is 13.2. The van der Waals surface area contributed by atoms with Crippen LogP contribution in [-0.4, -0.2) is 22.2 Å². The van der Waals surface area contributed by atoms with Gasteiger partial charge in [-0.05, 0) is 24.6 Å². The van der Waals surface area contributed by atoms with Crippen LogP contribution in [-0.2, 0) is 11.3 Å². The number of amides is 1. The molecule has 0 spiro atoms. The first-order chi connectivity index (χ1) is 11.6. The number of hydrogen-bond acceptors (Lipinski definition) is 5. The number of benzene rings is 2. The Kier molecular flexibility index (Phi) is 4.77. The highest BCUT2D eigenvalue weighted by atomic mass is 16.5. The summed E-state index contributed by atoms with van der Waals surface area (Å²) in [5, 5.41) is 12.9. The van der Waals surface area contributed by atoms with E-state index in [4.69, 9.17) is 9.15 Å². The van der Waals surface area contributed by atoms with Crippen LogP contribution in [0.5, 0.6) is 0 Å². The summed E-state index contributed by atoms with van der Waals surface area (Å²) in [6.45, 7) is 1.82. The van der Waals surface area contributed by atoms with E-state index in [1.807, 2.05) is 42.5 Å². The number of alkyl carbamates (subject to hydrolysis) is 1. The number of ether oxygens (including phenoxy) is 1. The molecule has 0 aliphatic heterocycles. The summed E-state index contributed by atoms with van der Waals surface area (Å²) in [6, 6.07) is 16.0. The van der Waals surface area contributed by atoms with Gasteiger partial charge in [-0.25, -0.2) is 9.78 Å². The van der Waals surface area contributed by atoms with Gasteiger partial charge in [-0.2, -0.15) is 0 Å². The van der Waals surface area contributed by atoms with Gasteiger partial charge in [0.2, 0.25) is 5.89 Å². The molecule has 3 rings (SSSR count). The van der Waals surface area contributed by atoms with Crippen molar-refractivity contribution in [1.82, 2.24) is 10.3 Å². The average molecular weight is 326 g/mol. The normalized spacial score (nSPS) is 13.4. The molecule has 1 aromatic heterocycles. The van der Waals surface area contributed by atoms with Crippen LogP contribution < -0.4 is 5.32 Å². The van der Waals surface area contributed by atoms with Crippen molar-refractivity contribution < 1.29 is 19.1 Å². The SMILES string of the molecule is C[C@H](NC(=O)OCc1ccccc1)C(O)c1nc2ccccc2o1. The van der Waals surface area contributed by atoms with Gasteiger partial charge in [-0.15, -0.1) is 0 Å². The second kappa shape index (κ2) is 7.14. The number of nitrogens with zero attached hydrogens (tertiary/aromatic N) is 1. The summed E-state index contributed by atoms with van der Waals surface area (Å²) in [5.74, 6) is 0.159. The van der Waals surface area contributed by atoms with Crippen molar-refractivity contribution in [2.75, 3.05) is 0 Å². The van der Waals surface area contributed by atoms with Crippen LogP contribution in [0.3, 0.4) is 0 Å². The number of carbonyl (C=O) groups excluding carboxylic acids is 1. The number of aliphatic hydroxyl groups excluding tert-OH is 1. The van der Waals surface area contributed by atoms with Gasteiger partial charge in [0.25, 0.3) is 0 Å². The van der Waals surface area contributed by atoms with Crippen molar-refractivity contribution in [3.63, 3.8) is 0 Å². The van der Waals surface area contributed by atoms with Crippen LogP contribution in [0.4, 0.5) is 4.79 Å². The van der Waals surface area contributed by atoms with E-state index in [1.165, 1.54) is 0 Å². The van der Waals surface area contributed by atoms with E-state index in [0.29, 0.717) is 11.1 Å². The summed E-state index contributed by atoms with van der Waals surface area (Å²) in [5.41, 5.74) is 2.13. The molecule has 0 radical (unpaired) electrons. The highest BCUT2D eigenvalue weighted by molar-refractivity contribution is 5.72. The van der Waals surface area contributed by atoms with E-state index >= 15 is 0 Å². The van der Waals surface area contributed by atoms with Crippen molar-refractivity contribution in [3.8, 4) is 0 Å². The number of aromatic nitrogens is 1. The van der Waals surface area contributed by atoms with Crippen molar-refractivity contribution in [2.24, 2.45) is 0 Å². The van der Waals surface area contributed by atoms with Gasteiger partial charge in [0.05, 0.1) is 6.04 Å². The number of nitrogens with one attached hydrogen (secondary N) is 1. The standard InChI is InChI=1S/C18H18N2O4/c1-12(19-18(22)23-11-13-7-3-2-4-8-13)16(21)17-20-14-9-5-6-10-15(14)24-17/h2-10,12,16,21H,11H2,1H3,(H,19,22)/t12-,16?/m0/s1. The minimum atomic E-state index is -1.07. The van der Waals surface area contributed by atoms with Gasteiger partial charge in [0.1, 0.15) is 18.2 Å². The molecule has 1 unspecified atom stereocenters. The van der Waals surface area contributed by atoms with E-state index in [2.05, 4.69) is 10.3 Å². The Balaban J connectivity index is 1.57. The Hall–Kier alpha value is -2.86. The maximum Gasteiger partial charge on any atom is 0.407 e. The van der Waals surface area contributed by atoms with E-state index < -0.39 is 18.2 Å². The van der Waals surface area contributed by atoms with Crippen LogP contribution in [0.15, 0.2) is 59.0 Å². The first-order valence-corrected chi connectivity index (χ1v) is 7.64. The highest BCUT2D eigenvalue weighted by Gasteiger charge is 2.24. The van der Waals surface area contributed by atoms with Crippen molar-refractivity contribution in [2.45, 2.75) is 25.7 Å². The molecule has 24 heavy (non-hydrogen) atoms. The largest absolute Gasteiger partial charge is 0.445 e. The van der Waals surface area contributed by atoms with E-state index in [1.54, 1.807) is 19.1 Å². The second-order valence-corrected chi connectivity index (χ2v) is 5.46. The van der Waals surface area contributed by atoms with E-state index in [0.717, 1.165) is 5.56 Å². The predicted molar refractivity (Wildman–Crippen MR) is 88.2 cm³/mol. The Labute approximate surface area is 139 Å². The fraction of sp³-hybridized carbons (Fsp3) is 0.222. The summed E-state index contributed by atoms with van der Waals surface area (Å²) < 4.78 is 10.6.